The van der Waals surface area contributed by atoms with Gasteiger partial charge in [0.25, 0.3) is 5.91 Å². The largest absolute Gasteiger partial charge is 0.497 e. The number of aromatic nitrogens is 2. The highest BCUT2D eigenvalue weighted by Crippen LogP contribution is 2.28. The predicted octanol–water partition coefficient (Wildman–Crippen LogP) is 4.63. The first kappa shape index (κ1) is 27.3. The van der Waals surface area contributed by atoms with E-state index < -0.39 is 0 Å². The van der Waals surface area contributed by atoms with E-state index in [1.165, 1.54) is 5.69 Å². The molecule has 1 atom stereocenters. The molecule has 3 aromatic rings. The molecule has 2 aromatic carbocycles. The van der Waals surface area contributed by atoms with E-state index in [0.717, 1.165) is 84.9 Å². The number of anilines is 2. The molecule has 0 aliphatic carbocycles. The molecule has 1 N–H and O–H groups in total. The maximum Gasteiger partial charge on any atom is 0.251 e. The third-order valence-corrected chi connectivity index (χ3v) is 8.38. The number of nitrogens with zero attached hydrogens (tertiary/aromatic N) is 4. The van der Waals surface area contributed by atoms with Crippen molar-refractivity contribution in [3.8, 4) is 5.75 Å². The maximum absolute atomic E-state index is 12.5. The Kier molecular flexibility index (Phi) is 8.88. The number of hydrogen-bond acceptors (Lipinski definition) is 8. The summed E-state index contributed by atoms with van der Waals surface area (Å²) >= 11 is 1.63. The Balaban J connectivity index is 1.16. The predicted molar refractivity (Wildman–Crippen MR) is 156 cm³/mol. The number of thioether (sulfide) groups is 1. The van der Waals surface area contributed by atoms with E-state index in [2.05, 4.69) is 41.1 Å². The van der Waals surface area contributed by atoms with E-state index >= 15 is 0 Å². The van der Waals surface area contributed by atoms with Gasteiger partial charge in [-0.25, -0.2) is 9.97 Å². The third-order valence-electron chi connectivity index (χ3n) is 7.46. The van der Waals surface area contributed by atoms with E-state index in [0.29, 0.717) is 12.1 Å². The fourth-order valence-electron chi connectivity index (χ4n) is 4.94. The maximum atomic E-state index is 12.5. The van der Waals surface area contributed by atoms with Crippen LogP contribution in [0, 0.1) is 13.8 Å². The number of benzene rings is 2. The van der Waals surface area contributed by atoms with E-state index in [-0.39, 0.29) is 12.0 Å². The van der Waals surface area contributed by atoms with Crippen LogP contribution in [-0.4, -0.2) is 68.4 Å². The highest BCUT2D eigenvalue weighted by atomic mass is 32.2. The Morgan fingerprint density at radius 2 is 1.74 bits per heavy atom. The zero-order valence-corrected chi connectivity index (χ0v) is 23.8. The summed E-state index contributed by atoms with van der Waals surface area (Å²) in [4.78, 5) is 27.0. The van der Waals surface area contributed by atoms with Gasteiger partial charge < -0.3 is 24.6 Å². The van der Waals surface area contributed by atoms with Gasteiger partial charge in [-0.15, -0.1) is 0 Å². The normalized spacial score (nSPS) is 17.4. The topological polar surface area (TPSA) is 79.8 Å². The number of carbonyl (C=O) groups is 1. The zero-order chi connectivity index (χ0) is 27.2. The molecule has 5 rings (SSSR count). The number of ether oxygens (including phenoxy) is 2. The van der Waals surface area contributed by atoms with E-state index in [1.807, 2.05) is 36.4 Å². The van der Waals surface area contributed by atoms with Crippen LogP contribution in [0.3, 0.4) is 0 Å². The second-order valence-corrected chi connectivity index (χ2v) is 11.0. The highest BCUT2D eigenvalue weighted by Gasteiger charge is 2.22. The lowest BCUT2D eigenvalue weighted by Gasteiger charge is -2.37. The molecule has 1 aromatic heterocycles. The molecule has 2 fully saturated rings. The number of methoxy groups -OCH3 is 1. The van der Waals surface area contributed by atoms with Crippen molar-refractivity contribution >= 4 is 29.2 Å². The SMILES string of the molecule is COc1ccc(N2CCN(c3nc(SCc4ccc(C(=O)NCC5CCCO5)cc4)nc(C)c3C)CC2)cc1. The van der Waals surface area contributed by atoms with Crippen molar-refractivity contribution in [1.82, 2.24) is 15.3 Å². The van der Waals surface area contributed by atoms with Gasteiger partial charge in [-0.2, -0.15) is 0 Å². The van der Waals surface area contributed by atoms with Gasteiger partial charge >= 0.3 is 0 Å². The molecule has 1 amide bonds. The smallest absolute Gasteiger partial charge is 0.251 e. The monoisotopic (exact) mass is 547 g/mol. The van der Waals surface area contributed by atoms with E-state index in [4.69, 9.17) is 19.4 Å². The molecule has 1 unspecified atom stereocenters. The summed E-state index contributed by atoms with van der Waals surface area (Å²) in [5.74, 6) is 2.59. The van der Waals surface area contributed by atoms with E-state index in [9.17, 15) is 4.79 Å². The molecule has 2 saturated heterocycles. The third kappa shape index (κ3) is 6.83. The second-order valence-electron chi connectivity index (χ2n) is 10.0. The minimum Gasteiger partial charge on any atom is -0.497 e. The van der Waals surface area contributed by atoms with Crippen molar-refractivity contribution in [2.75, 3.05) is 56.2 Å². The van der Waals surface area contributed by atoms with Crippen molar-refractivity contribution in [1.29, 1.82) is 0 Å². The highest BCUT2D eigenvalue weighted by molar-refractivity contribution is 7.98. The molecular formula is C30H37N5O3S. The molecule has 0 spiro atoms. The van der Waals surface area contributed by atoms with Gasteiger partial charge in [-0.05, 0) is 68.7 Å². The van der Waals surface area contributed by atoms with Crippen molar-refractivity contribution in [2.45, 2.75) is 43.7 Å². The van der Waals surface area contributed by atoms with Crippen LogP contribution in [0.2, 0.25) is 0 Å². The first-order valence-electron chi connectivity index (χ1n) is 13.6. The fraction of sp³-hybridized carbons (Fsp3) is 0.433. The van der Waals surface area contributed by atoms with Crippen LogP contribution in [0.25, 0.3) is 0 Å². The molecule has 0 radical (unpaired) electrons. The van der Waals surface area contributed by atoms with Gasteiger partial charge in [-0.1, -0.05) is 23.9 Å². The number of amides is 1. The number of rotatable bonds is 9. The van der Waals surface area contributed by atoms with E-state index in [1.54, 1.807) is 18.9 Å². The van der Waals surface area contributed by atoms with Gasteiger partial charge in [0.2, 0.25) is 0 Å². The van der Waals surface area contributed by atoms with Crippen LogP contribution in [0.1, 0.15) is 40.0 Å². The van der Waals surface area contributed by atoms with Gasteiger partial charge in [0.15, 0.2) is 5.16 Å². The molecule has 39 heavy (non-hydrogen) atoms. The zero-order valence-electron chi connectivity index (χ0n) is 23.0. The molecule has 8 nitrogen and oxygen atoms in total. The van der Waals surface area contributed by atoms with Crippen molar-refractivity contribution in [3.63, 3.8) is 0 Å². The first-order chi connectivity index (χ1) is 19.0. The molecule has 2 aliphatic rings. The minimum absolute atomic E-state index is 0.0566. The van der Waals surface area contributed by atoms with Gasteiger partial charge in [0, 0.05) is 67.6 Å². The summed E-state index contributed by atoms with van der Waals surface area (Å²) in [5, 5.41) is 3.76. The van der Waals surface area contributed by atoms with Crippen LogP contribution in [0.15, 0.2) is 53.7 Å². The summed E-state index contributed by atoms with van der Waals surface area (Å²) in [5.41, 5.74) is 5.16. The number of hydrogen-bond donors (Lipinski definition) is 1. The average Bonchev–Trinajstić information content (AvgIpc) is 3.51. The summed E-state index contributed by atoms with van der Waals surface area (Å²) < 4.78 is 10.9. The van der Waals surface area contributed by atoms with Crippen molar-refractivity contribution in [2.24, 2.45) is 0 Å². The Labute approximate surface area is 235 Å². The minimum atomic E-state index is -0.0566. The number of aryl methyl sites for hydroxylation is 1. The lowest BCUT2D eigenvalue weighted by molar-refractivity contribution is 0.0858. The van der Waals surface area contributed by atoms with Crippen LogP contribution >= 0.6 is 11.8 Å². The molecule has 206 valence electrons. The Bertz CT molecular complexity index is 1250. The number of piperazine rings is 1. The summed E-state index contributed by atoms with van der Waals surface area (Å²) in [6.07, 6.45) is 2.23. The Hall–Kier alpha value is -3.30. The van der Waals surface area contributed by atoms with Crippen LogP contribution in [-0.2, 0) is 10.5 Å². The number of nitrogens with one attached hydrogen (secondary N) is 1. The summed E-state index contributed by atoms with van der Waals surface area (Å²) in [6, 6.07) is 16.0. The number of carbonyl (C=O) groups excluding carboxylic acids is 1. The fourth-order valence-corrected chi connectivity index (χ4v) is 5.79. The molecule has 9 heteroatoms. The Morgan fingerprint density at radius 1 is 1.03 bits per heavy atom. The Morgan fingerprint density at radius 3 is 2.41 bits per heavy atom. The molecule has 3 heterocycles. The second kappa shape index (κ2) is 12.7. The quantitative estimate of drug-likeness (QED) is 0.307. The molecule has 0 bridgehead atoms. The van der Waals surface area contributed by atoms with Gasteiger partial charge in [0.05, 0.1) is 13.2 Å². The van der Waals surface area contributed by atoms with Crippen LogP contribution in [0.4, 0.5) is 11.5 Å². The van der Waals surface area contributed by atoms with Crippen molar-refractivity contribution < 1.29 is 14.3 Å². The molecule has 0 saturated carbocycles. The van der Waals surface area contributed by atoms with Gasteiger partial charge in [-0.3, -0.25) is 4.79 Å². The summed E-state index contributed by atoms with van der Waals surface area (Å²) in [7, 11) is 1.69. The molecular weight excluding hydrogens is 510 g/mol. The van der Waals surface area contributed by atoms with Crippen LogP contribution < -0.4 is 19.9 Å². The van der Waals surface area contributed by atoms with Crippen molar-refractivity contribution in [3.05, 3.63) is 70.9 Å². The summed E-state index contributed by atoms with van der Waals surface area (Å²) in [6.45, 7) is 9.21. The lowest BCUT2D eigenvalue weighted by Crippen LogP contribution is -2.47. The average molecular weight is 548 g/mol. The first-order valence-corrected chi connectivity index (χ1v) is 14.6. The molecule has 2 aliphatic heterocycles. The lowest BCUT2D eigenvalue weighted by atomic mass is 10.1. The van der Waals surface area contributed by atoms with Crippen LogP contribution in [0.5, 0.6) is 5.75 Å². The van der Waals surface area contributed by atoms with Gasteiger partial charge in [0.1, 0.15) is 11.6 Å². The standard InChI is InChI=1S/C30H37N5O3S/c1-21-22(2)32-30(33-28(21)35-16-14-34(15-17-35)25-10-12-26(37-3)13-11-25)39-20-23-6-8-24(9-7-23)29(36)31-19-27-5-4-18-38-27/h6-13,27H,4-5,14-20H2,1-3H3,(H,31,36).